The number of nitrogens with zero attached hydrogens (tertiary/aromatic N) is 3. The highest BCUT2D eigenvalue weighted by atomic mass is 16.4. The number of hydrogen-bond acceptors (Lipinski definition) is 4. The van der Waals surface area contributed by atoms with Crippen LogP contribution in [0, 0.1) is 5.92 Å². The monoisotopic (exact) mass is 274 g/mol. The molecule has 1 unspecified atom stereocenters. The molecule has 1 amide bonds. The number of rotatable bonds is 2. The second-order valence-corrected chi connectivity index (χ2v) is 4.96. The van der Waals surface area contributed by atoms with Gasteiger partial charge in [0.15, 0.2) is 0 Å². The normalized spacial score (nSPS) is 19.2. The molecule has 104 valence electrons. The van der Waals surface area contributed by atoms with E-state index in [4.69, 9.17) is 5.11 Å². The van der Waals surface area contributed by atoms with Crippen LogP contribution >= 0.6 is 0 Å². The number of hydrogen-bond donors (Lipinski definition) is 2. The Bertz CT molecular complexity index is 666. The Hall–Kier alpha value is -2.44. The van der Waals surface area contributed by atoms with Crippen LogP contribution in [0.3, 0.4) is 0 Å². The van der Waals surface area contributed by atoms with E-state index in [1.54, 1.807) is 23.1 Å². The first-order chi connectivity index (χ1) is 9.65. The van der Waals surface area contributed by atoms with Gasteiger partial charge in [-0.15, -0.1) is 0 Å². The minimum Gasteiger partial charge on any atom is -0.481 e. The molecule has 2 heterocycles. The molecule has 0 radical (unpaired) electrons. The van der Waals surface area contributed by atoms with Crippen molar-refractivity contribution in [3.8, 4) is 0 Å². The Morgan fingerprint density at radius 1 is 1.30 bits per heavy atom. The van der Waals surface area contributed by atoms with Crippen LogP contribution < -0.4 is 0 Å². The Morgan fingerprint density at radius 3 is 2.90 bits per heavy atom. The predicted octanol–water partition coefficient (Wildman–Crippen LogP) is 0.895. The number of H-pyrrole nitrogens is 1. The van der Waals surface area contributed by atoms with Gasteiger partial charge in [0.05, 0.1) is 5.92 Å². The van der Waals surface area contributed by atoms with E-state index in [1.807, 2.05) is 0 Å². The number of amides is 1. The van der Waals surface area contributed by atoms with Gasteiger partial charge in [0.2, 0.25) is 0 Å². The van der Waals surface area contributed by atoms with Gasteiger partial charge in [-0.25, -0.2) is 0 Å². The third kappa shape index (κ3) is 2.22. The van der Waals surface area contributed by atoms with Crippen molar-refractivity contribution in [1.29, 1.82) is 0 Å². The van der Waals surface area contributed by atoms with Crippen molar-refractivity contribution in [1.82, 2.24) is 20.3 Å². The van der Waals surface area contributed by atoms with Crippen LogP contribution in [-0.4, -0.2) is 50.4 Å². The number of carbonyl (C=O) groups is 2. The van der Waals surface area contributed by atoms with Gasteiger partial charge in [-0.2, -0.15) is 15.4 Å². The van der Waals surface area contributed by atoms with Crippen LogP contribution in [0.1, 0.15) is 23.2 Å². The molecule has 0 spiro atoms. The van der Waals surface area contributed by atoms with E-state index in [1.165, 1.54) is 0 Å². The van der Waals surface area contributed by atoms with Gasteiger partial charge in [-0.3, -0.25) is 9.59 Å². The minimum absolute atomic E-state index is 0.152. The summed E-state index contributed by atoms with van der Waals surface area (Å²) >= 11 is 0. The maximum atomic E-state index is 12.4. The molecule has 1 atom stereocenters. The van der Waals surface area contributed by atoms with Gasteiger partial charge in [0.25, 0.3) is 5.91 Å². The Morgan fingerprint density at radius 2 is 2.10 bits per heavy atom. The zero-order chi connectivity index (χ0) is 14.1. The van der Waals surface area contributed by atoms with Gasteiger partial charge in [-0.05, 0) is 31.0 Å². The average molecular weight is 274 g/mol. The summed E-state index contributed by atoms with van der Waals surface area (Å²) < 4.78 is 0. The van der Waals surface area contributed by atoms with Crippen molar-refractivity contribution in [2.45, 2.75) is 12.8 Å². The summed E-state index contributed by atoms with van der Waals surface area (Å²) in [6.07, 6.45) is 1.34. The fourth-order valence-corrected chi connectivity index (χ4v) is 2.52. The first-order valence-corrected chi connectivity index (χ1v) is 6.48. The number of carboxylic acids is 1. The van der Waals surface area contributed by atoms with Crippen LogP contribution in [0.25, 0.3) is 11.0 Å². The van der Waals surface area contributed by atoms with E-state index in [0.29, 0.717) is 29.6 Å². The maximum absolute atomic E-state index is 12.4. The van der Waals surface area contributed by atoms with E-state index in [0.717, 1.165) is 6.42 Å². The second-order valence-electron chi connectivity index (χ2n) is 4.96. The molecule has 1 saturated heterocycles. The molecule has 0 aliphatic carbocycles. The Labute approximate surface area is 114 Å². The van der Waals surface area contributed by atoms with Crippen LogP contribution in [0.15, 0.2) is 18.2 Å². The number of carbonyl (C=O) groups excluding carboxylic acids is 1. The third-order valence-electron chi connectivity index (χ3n) is 3.62. The molecule has 0 bridgehead atoms. The molecule has 7 nitrogen and oxygen atoms in total. The first kappa shape index (κ1) is 12.6. The highest BCUT2D eigenvalue weighted by molar-refractivity contribution is 5.97. The molecule has 2 N–H and O–H groups in total. The molecular weight excluding hydrogens is 260 g/mol. The van der Waals surface area contributed by atoms with E-state index in [9.17, 15) is 9.59 Å². The number of aromatic nitrogens is 3. The summed E-state index contributed by atoms with van der Waals surface area (Å²) in [7, 11) is 0. The quantitative estimate of drug-likeness (QED) is 0.847. The Balaban J connectivity index is 1.82. The molecule has 1 fully saturated rings. The standard InChI is InChI=1S/C13H14N4O3/c18-12(17-5-1-2-9(7-17)13(19)20)8-3-4-10-11(6-8)15-16-14-10/h3-4,6,9H,1-2,5,7H2,(H,19,20)(H,14,15,16). The lowest BCUT2D eigenvalue weighted by Gasteiger charge is -2.30. The number of carboxylic acid groups (broad SMARTS) is 1. The molecular formula is C13H14N4O3. The fourth-order valence-electron chi connectivity index (χ4n) is 2.52. The lowest BCUT2D eigenvalue weighted by molar-refractivity contribution is -0.143. The van der Waals surface area contributed by atoms with Gasteiger partial charge in [0.1, 0.15) is 11.0 Å². The highest BCUT2D eigenvalue weighted by Gasteiger charge is 2.28. The summed E-state index contributed by atoms with van der Waals surface area (Å²) in [5.41, 5.74) is 1.84. The maximum Gasteiger partial charge on any atom is 0.308 e. The van der Waals surface area contributed by atoms with Gasteiger partial charge < -0.3 is 10.0 Å². The third-order valence-corrected chi connectivity index (χ3v) is 3.62. The van der Waals surface area contributed by atoms with Gasteiger partial charge in [0, 0.05) is 18.7 Å². The van der Waals surface area contributed by atoms with Crippen molar-refractivity contribution < 1.29 is 14.7 Å². The molecule has 3 rings (SSSR count). The number of aromatic amines is 1. The number of nitrogens with one attached hydrogen (secondary N) is 1. The van der Waals surface area contributed by atoms with Crippen molar-refractivity contribution >= 4 is 22.9 Å². The molecule has 2 aromatic rings. The number of piperidine rings is 1. The van der Waals surface area contributed by atoms with E-state index >= 15 is 0 Å². The summed E-state index contributed by atoms with van der Waals surface area (Å²) in [4.78, 5) is 25.0. The summed E-state index contributed by atoms with van der Waals surface area (Å²) in [6.45, 7) is 0.866. The molecule has 7 heteroatoms. The number of fused-ring (bicyclic) bond motifs is 1. The molecule has 1 aromatic carbocycles. The van der Waals surface area contributed by atoms with Crippen molar-refractivity contribution in [2.75, 3.05) is 13.1 Å². The van der Waals surface area contributed by atoms with Crippen molar-refractivity contribution in [3.63, 3.8) is 0 Å². The predicted molar refractivity (Wildman–Crippen MR) is 70.2 cm³/mol. The van der Waals surface area contributed by atoms with Crippen molar-refractivity contribution in [2.24, 2.45) is 5.92 Å². The summed E-state index contributed by atoms with van der Waals surface area (Å²) in [5.74, 6) is -1.46. The fraction of sp³-hybridized carbons (Fsp3) is 0.385. The number of likely N-dealkylation sites (tertiary alicyclic amines) is 1. The minimum atomic E-state index is -0.838. The van der Waals surface area contributed by atoms with Crippen LogP contribution in [-0.2, 0) is 4.79 Å². The lowest BCUT2D eigenvalue weighted by Crippen LogP contribution is -2.42. The van der Waals surface area contributed by atoms with Crippen molar-refractivity contribution in [3.05, 3.63) is 23.8 Å². The number of benzene rings is 1. The smallest absolute Gasteiger partial charge is 0.308 e. The van der Waals surface area contributed by atoms with Gasteiger partial charge >= 0.3 is 5.97 Å². The molecule has 20 heavy (non-hydrogen) atoms. The SMILES string of the molecule is O=C(O)C1CCCN(C(=O)c2ccc3n[nH]nc3c2)C1. The molecule has 1 aliphatic rings. The van der Waals surface area contributed by atoms with E-state index in [-0.39, 0.29) is 12.5 Å². The lowest BCUT2D eigenvalue weighted by atomic mass is 9.97. The zero-order valence-electron chi connectivity index (χ0n) is 10.7. The van der Waals surface area contributed by atoms with E-state index in [2.05, 4.69) is 15.4 Å². The zero-order valence-corrected chi connectivity index (χ0v) is 10.7. The largest absolute Gasteiger partial charge is 0.481 e. The Kier molecular flexibility index (Phi) is 3.09. The highest BCUT2D eigenvalue weighted by Crippen LogP contribution is 2.20. The first-order valence-electron chi connectivity index (χ1n) is 6.48. The van der Waals surface area contributed by atoms with Crippen LogP contribution in [0.2, 0.25) is 0 Å². The van der Waals surface area contributed by atoms with Gasteiger partial charge in [-0.1, -0.05) is 0 Å². The van der Waals surface area contributed by atoms with E-state index < -0.39 is 11.9 Å². The summed E-state index contributed by atoms with van der Waals surface area (Å²) in [5, 5.41) is 19.4. The molecule has 0 saturated carbocycles. The topological polar surface area (TPSA) is 99.2 Å². The van der Waals surface area contributed by atoms with Crippen LogP contribution in [0.5, 0.6) is 0 Å². The number of aliphatic carboxylic acids is 1. The second kappa shape index (κ2) is 4.92. The average Bonchev–Trinajstić information content (AvgIpc) is 2.94. The summed E-state index contributed by atoms with van der Waals surface area (Å²) in [6, 6.07) is 5.09. The molecule has 1 aliphatic heterocycles. The molecule has 1 aromatic heterocycles. The van der Waals surface area contributed by atoms with Crippen LogP contribution in [0.4, 0.5) is 0 Å².